The van der Waals surface area contributed by atoms with E-state index in [4.69, 9.17) is 11.5 Å². The fourth-order valence-corrected chi connectivity index (χ4v) is 14.2. The van der Waals surface area contributed by atoms with E-state index in [1.807, 2.05) is 12.1 Å². The molecule has 0 amide bonds. The molecule has 0 aliphatic carbocycles. The fourth-order valence-electron chi connectivity index (χ4n) is 9.49. The second-order valence-electron chi connectivity index (χ2n) is 17.3. The average Bonchev–Trinajstić information content (AvgIpc) is 3.34. The molecule has 0 heterocycles. The highest BCUT2D eigenvalue weighted by Gasteiger charge is 2.41. The van der Waals surface area contributed by atoms with Crippen LogP contribution in [-0.2, 0) is 12.8 Å². The summed E-state index contributed by atoms with van der Waals surface area (Å²) in [6.45, 7) is 4.54. The number of nitrogens with two attached hydrogens (primary N) is 2. The Morgan fingerprint density at radius 2 is 0.651 bits per heavy atom. The number of hydrogen-bond donors (Lipinski definition) is 2. The number of rotatable bonds is 18. The Hall–Kier alpha value is -6.42. The van der Waals surface area contributed by atoms with Crippen molar-refractivity contribution < 1.29 is 0 Å². The molecule has 0 bridgehead atoms. The minimum atomic E-state index is -2.82. The van der Waals surface area contributed by atoms with E-state index in [2.05, 4.69) is 196 Å². The van der Waals surface area contributed by atoms with Crippen LogP contribution in [0.3, 0.4) is 0 Å². The average molecular weight is 839 g/mol. The first-order chi connectivity index (χ1) is 31.0. The van der Waals surface area contributed by atoms with Gasteiger partial charge in [-0.25, -0.2) is 0 Å². The highest BCUT2D eigenvalue weighted by atomic mass is 28.3. The molecule has 316 valence electrons. The summed E-state index contributed by atoms with van der Waals surface area (Å²) in [7, 11) is -2.82. The van der Waals surface area contributed by atoms with Gasteiger partial charge in [-0.1, -0.05) is 222 Å². The van der Waals surface area contributed by atoms with Crippen molar-refractivity contribution in [3.63, 3.8) is 0 Å². The predicted octanol–water partition coefficient (Wildman–Crippen LogP) is 13.1. The Kier molecular flexibility index (Phi) is 14.2. The molecule has 0 saturated carbocycles. The summed E-state index contributed by atoms with van der Waals surface area (Å²) in [6.07, 6.45) is 12.4. The van der Waals surface area contributed by atoms with Gasteiger partial charge < -0.3 is 11.5 Å². The van der Waals surface area contributed by atoms with E-state index in [9.17, 15) is 0 Å². The summed E-state index contributed by atoms with van der Waals surface area (Å²) in [4.78, 5) is 0. The van der Waals surface area contributed by atoms with Gasteiger partial charge >= 0.3 is 0 Å². The molecule has 0 aliphatic heterocycles. The third kappa shape index (κ3) is 9.80. The van der Waals surface area contributed by atoms with E-state index < -0.39 is 8.07 Å². The van der Waals surface area contributed by atoms with E-state index in [-0.39, 0.29) is 0 Å². The third-order valence-electron chi connectivity index (χ3n) is 12.9. The summed E-state index contributed by atoms with van der Waals surface area (Å²) >= 11 is 0. The first kappa shape index (κ1) is 43.2. The lowest BCUT2D eigenvalue weighted by Crippen LogP contribution is -2.74. The van der Waals surface area contributed by atoms with Crippen LogP contribution in [0.5, 0.6) is 0 Å². The van der Waals surface area contributed by atoms with Crippen LogP contribution >= 0.6 is 0 Å². The van der Waals surface area contributed by atoms with Crippen molar-refractivity contribution in [2.75, 3.05) is 11.5 Å². The molecule has 8 aromatic carbocycles. The van der Waals surface area contributed by atoms with E-state index >= 15 is 0 Å². The molecule has 0 radical (unpaired) electrons. The monoisotopic (exact) mass is 838 g/mol. The normalized spacial score (nSPS) is 11.5. The molecule has 0 unspecified atom stereocenters. The SMILES string of the molecule is CCCCCCc1ccc(-c2ccc(N)cc2-c2ccc([Si](c3ccccc3)(c3ccccc3)c3ccc(-c4cc(N)ccc4-c4ccc(CCCCCC)cc4)cc3)cc2)cc1. The van der Waals surface area contributed by atoms with Gasteiger partial charge in [-0.05, 0) is 126 Å². The van der Waals surface area contributed by atoms with Crippen molar-refractivity contribution in [2.45, 2.75) is 78.1 Å². The number of anilines is 2. The first-order valence-corrected chi connectivity index (χ1v) is 25.3. The Morgan fingerprint density at radius 3 is 1.02 bits per heavy atom. The first-order valence-electron chi connectivity index (χ1n) is 23.3. The van der Waals surface area contributed by atoms with Gasteiger partial charge in [0.05, 0.1) is 0 Å². The smallest absolute Gasteiger partial charge is 0.179 e. The minimum Gasteiger partial charge on any atom is -0.399 e. The lowest BCUT2D eigenvalue weighted by Gasteiger charge is -2.34. The molecule has 4 N–H and O–H groups in total. The Balaban J connectivity index is 1.18. The highest BCUT2D eigenvalue weighted by molar-refractivity contribution is 7.19. The van der Waals surface area contributed by atoms with E-state index in [1.165, 1.54) is 105 Å². The van der Waals surface area contributed by atoms with E-state index in [0.717, 1.165) is 46.5 Å². The molecule has 0 atom stereocenters. The van der Waals surface area contributed by atoms with Crippen molar-refractivity contribution in [3.8, 4) is 44.5 Å². The van der Waals surface area contributed by atoms with E-state index in [1.54, 1.807) is 0 Å². The van der Waals surface area contributed by atoms with Crippen molar-refractivity contribution in [1.29, 1.82) is 0 Å². The summed E-state index contributed by atoms with van der Waals surface area (Å²) in [5.41, 5.74) is 26.8. The highest BCUT2D eigenvalue weighted by Crippen LogP contribution is 2.36. The van der Waals surface area contributed by atoms with Gasteiger partial charge in [0.2, 0.25) is 0 Å². The number of unbranched alkanes of at least 4 members (excludes halogenated alkanes) is 6. The van der Waals surface area contributed by atoms with Crippen LogP contribution in [0.2, 0.25) is 0 Å². The Bertz CT molecular complexity index is 2480. The second kappa shape index (κ2) is 20.6. The number of hydrogen-bond acceptors (Lipinski definition) is 2. The molecule has 8 rings (SSSR count). The lowest BCUT2D eigenvalue weighted by molar-refractivity contribution is 0.667. The summed E-state index contributed by atoms with van der Waals surface area (Å²) in [5.74, 6) is 0. The number of nitrogen functional groups attached to an aromatic ring is 2. The molecule has 0 fully saturated rings. The molecule has 0 aliphatic rings. The largest absolute Gasteiger partial charge is 0.399 e. The van der Waals surface area contributed by atoms with Gasteiger partial charge in [0.15, 0.2) is 8.07 Å². The molecule has 0 saturated heterocycles. The minimum absolute atomic E-state index is 0.765. The van der Waals surface area contributed by atoms with Gasteiger partial charge in [-0.3, -0.25) is 0 Å². The van der Waals surface area contributed by atoms with Gasteiger partial charge in [0.1, 0.15) is 0 Å². The zero-order chi connectivity index (χ0) is 43.4. The van der Waals surface area contributed by atoms with Crippen LogP contribution in [0.15, 0.2) is 194 Å². The maximum Gasteiger partial charge on any atom is 0.179 e. The zero-order valence-electron chi connectivity index (χ0n) is 37.2. The van der Waals surface area contributed by atoms with Crippen LogP contribution in [0.1, 0.15) is 76.3 Å². The molecule has 63 heavy (non-hydrogen) atoms. The number of aryl methyl sites for hydroxylation is 2. The van der Waals surface area contributed by atoms with Gasteiger partial charge in [-0.2, -0.15) is 0 Å². The zero-order valence-corrected chi connectivity index (χ0v) is 38.2. The quantitative estimate of drug-likeness (QED) is 0.0391. The maximum absolute atomic E-state index is 6.51. The lowest BCUT2D eigenvalue weighted by atomic mass is 9.93. The van der Waals surface area contributed by atoms with Crippen LogP contribution in [0.25, 0.3) is 44.5 Å². The van der Waals surface area contributed by atoms with Crippen LogP contribution < -0.4 is 32.2 Å². The second-order valence-corrected chi connectivity index (χ2v) is 21.1. The summed E-state index contributed by atoms with van der Waals surface area (Å²) in [5, 5.41) is 5.34. The standard InChI is InChI=1S/C60H62N2Si/c1-3-5-7-11-17-45-23-27-47(28-24-45)57-41-35-51(61)43-59(57)49-31-37-55(38-32-49)63(53-19-13-9-14-20-53,54-21-15-10-16-22-54)56-39-33-50(34-40-56)60-44-52(62)36-42-58(60)48-29-25-46(26-30-48)18-12-8-6-4-2/h9-10,13-16,19-44H,3-8,11-12,17-18,61-62H2,1-2H3. The van der Waals surface area contributed by atoms with Gasteiger partial charge in [0.25, 0.3) is 0 Å². The summed E-state index contributed by atoms with van der Waals surface area (Å²) < 4.78 is 0. The topological polar surface area (TPSA) is 52.0 Å². The van der Waals surface area contributed by atoms with Crippen molar-refractivity contribution in [1.82, 2.24) is 0 Å². The van der Waals surface area contributed by atoms with Crippen molar-refractivity contribution >= 4 is 40.2 Å². The van der Waals surface area contributed by atoms with Crippen LogP contribution in [-0.4, -0.2) is 8.07 Å². The van der Waals surface area contributed by atoms with Gasteiger partial charge in [0, 0.05) is 11.4 Å². The van der Waals surface area contributed by atoms with Crippen molar-refractivity contribution in [3.05, 3.63) is 205 Å². The molecular weight excluding hydrogens is 777 g/mol. The molecular formula is C60H62N2Si. The predicted molar refractivity (Wildman–Crippen MR) is 276 cm³/mol. The summed E-state index contributed by atoms with van der Waals surface area (Å²) in [6, 6.07) is 72.1. The fraction of sp³-hybridized carbons (Fsp3) is 0.200. The Morgan fingerprint density at radius 1 is 0.317 bits per heavy atom. The van der Waals surface area contributed by atoms with Crippen LogP contribution in [0.4, 0.5) is 11.4 Å². The van der Waals surface area contributed by atoms with Crippen LogP contribution in [0, 0.1) is 0 Å². The molecule has 0 aromatic heterocycles. The molecule has 8 aromatic rings. The van der Waals surface area contributed by atoms with E-state index in [0.29, 0.717) is 0 Å². The number of benzene rings is 8. The maximum atomic E-state index is 6.51. The third-order valence-corrected chi connectivity index (χ3v) is 17.7. The molecule has 0 spiro atoms. The Labute approximate surface area is 377 Å². The van der Waals surface area contributed by atoms with Gasteiger partial charge in [-0.15, -0.1) is 0 Å². The van der Waals surface area contributed by atoms with Crippen molar-refractivity contribution in [2.24, 2.45) is 0 Å². The molecule has 2 nitrogen and oxygen atoms in total. The molecule has 3 heteroatoms.